The first-order chi connectivity index (χ1) is 8.11. The summed E-state index contributed by atoms with van der Waals surface area (Å²) in [4.78, 5) is 13.9. The smallest absolute Gasteiger partial charge is 0.241 e. The van der Waals surface area contributed by atoms with Crippen molar-refractivity contribution in [2.75, 3.05) is 19.9 Å². The molecule has 0 bridgehead atoms. The molecule has 0 aliphatic carbocycles. The van der Waals surface area contributed by atoms with E-state index in [0.29, 0.717) is 13.2 Å². The van der Waals surface area contributed by atoms with Crippen molar-refractivity contribution < 1.29 is 9.53 Å². The molecule has 0 spiro atoms. The van der Waals surface area contributed by atoms with Crippen molar-refractivity contribution in [1.82, 2.24) is 4.90 Å². The quantitative estimate of drug-likeness (QED) is 0.680. The molecule has 0 aromatic rings. The van der Waals surface area contributed by atoms with Crippen molar-refractivity contribution in [2.45, 2.75) is 45.2 Å². The van der Waals surface area contributed by atoms with Gasteiger partial charge in [-0.25, -0.2) is 0 Å². The van der Waals surface area contributed by atoms with E-state index >= 15 is 0 Å². The average Bonchev–Trinajstić information content (AvgIpc) is 2.39. The first-order valence-electron chi connectivity index (χ1n) is 6.45. The molecule has 17 heavy (non-hydrogen) atoms. The first kappa shape index (κ1) is 14.4. The fourth-order valence-corrected chi connectivity index (χ4v) is 2.18. The Hall–Kier alpha value is -0.650. The highest BCUT2D eigenvalue weighted by Gasteiger charge is 2.30. The lowest BCUT2D eigenvalue weighted by molar-refractivity contribution is -0.136. The van der Waals surface area contributed by atoms with Gasteiger partial charge in [0, 0.05) is 19.3 Å². The number of ether oxygens (including phenoxy) is 1. The highest BCUT2D eigenvalue weighted by molar-refractivity contribution is 5.82. The normalized spacial score (nSPS) is 20.9. The molecular formula is C12H25N3O2. The second-order valence-electron chi connectivity index (χ2n) is 4.72. The molecule has 1 amide bonds. The van der Waals surface area contributed by atoms with Crippen LogP contribution >= 0.6 is 0 Å². The lowest BCUT2D eigenvalue weighted by Crippen LogP contribution is -2.53. The number of nitrogens with zero attached hydrogens (tertiary/aromatic N) is 1. The third-order valence-corrected chi connectivity index (χ3v) is 3.66. The Labute approximate surface area is 103 Å². The highest BCUT2D eigenvalue weighted by Crippen LogP contribution is 2.19. The van der Waals surface area contributed by atoms with Crippen LogP contribution in [-0.4, -0.2) is 42.8 Å². The van der Waals surface area contributed by atoms with Crippen LogP contribution in [0.1, 0.15) is 33.1 Å². The summed E-state index contributed by atoms with van der Waals surface area (Å²) < 4.78 is 5.28. The average molecular weight is 243 g/mol. The molecule has 4 N–H and O–H groups in total. The molecule has 0 aromatic carbocycles. The molecule has 1 aliphatic rings. The third-order valence-electron chi connectivity index (χ3n) is 3.66. The Kier molecular flexibility index (Phi) is 5.88. The Morgan fingerprint density at radius 3 is 2.53 bits per heavy atom. The van der Waals surface area contributed by atoms with Gasteiger partial charge in [-0.1, -0.05) is 6.92 Å². The number of carbonyl (C=O) groups is 1. The molecule has 5 heteroatoms. The topological polar surface area (TPSA) is 81.6 Å². The first-order valence-corrected chi connectivity index (χ1v) is 6.45. The Bertz CT molecular complexity index is 242. The van der Waals surface area contributed by atoms with Crippen LogP contribution in [-0.2, 0) is 9.53 Å². The summed E-state index contributed by atoms with van der Waals surface area (Å²) in [5, 5.41) is 0. The number of carbonyl (C=O) groups excluding carboxylic acids is 1. The van der Waals surface area contributed by atoms with E-state index < -0.39 is 6.04 Å². The molecule has 2 atom stereocenters. The van der Waals surface area contributed by atoms with Crippen molar-refractivity contribution in [3.8, 4) is 0 Å². The van der Waals surface area contributed by atoms with Gasteiger partial charge < -0.3 is 21.1 Å². The second kappa shape index (κ2) is 6.93. The predicted octanol–water partition coefficient (Wildman–Crippen LogP) is 0.284. The van der Waals surface area contributed by atoms with Crippen LogP contribution in [0.4, 0.5) is 0 Å². The minimum Gasteiger partial charge on any atom is -0.381 e. The zero-order valence-electron chi connectivity index (χ0n) is 10.9. The van der Waals surface area contributed by atoms with E-state index in [1.807, 2.05) is 13.8 Å². The van der Waals surface area contributed by atoms with Crippen LogP contribution in [0.2, 0.25) is 0 Å². The maximum atomic E-state index is 12.3. The number of hydrogen-bond donors (Lipinski definition) is 2. The molecule has 5 nitrogen and oxygen atoms in total. The number of amides is 1. The summed E-state index contributed by atoms with van der Waals surface area (Å²) in [6.45, 7) is 5.70. The molecule has 1 rings (SSSR count). The van der Waals surface area contributed by atoms with Gasteiger partial charge >= 0.3 is 0 Å². The highest BCUT2D eigenvalue weighted by atomic mass is 16.5. The Morgan fingerprint density at radius 2 is 2.06 bits per heavy atom. The van der Waals surface area contributed by atoms with Crippen LogP contribution in [0.25, 0.3) is 0 Å². The van der Waals surface area contributed by atoms with Crippen molar-refractivity contribution in [1.29, 1.82) is 0 Å². The molecule has 2 unspecified atom stereocenters. The molecule has 1 fully saturated rings. The molecule has 0 saturated carbocycles. The van der Waals surface area contributed by atoms with Gasteiger partial charge in [0.15, 0.2) is 0 Å². The SMILES string of the molecule is CCC(C)N(CN)C(=O)C(N)C1CCOCC1. The van der Waals surface area contributed by atoms with Gasteiger partial charge in [0.05, 0.1) is 12.7 Å². The van der Waals surface area contributed by atoms with Crippen LogP contribution in [0.15, 0.2) is 0 Å². The monoisotopic (exact) mass is 243 g/mol. The van der Waals surface area contributed by atoms with Gasteiger partial charge in [-0.2, -0.15) is 0 Å². The van der Waals surface area contributed by atoms with E-state index in [2.05, 4.69) is 0 Å². The molecule has 1 saturated heterocycles. The van der Waals surface area contributed by atoms with E-state index in [1.165, 1.54) is 0 Å². The predicted molar refractivity (Wildman–Crippen MR) is 67.2 cm³/mol. The van der Waals surface area contributed by atoms with E-state index in [-0.39, 0.29) is 24.5 Å². The van der Waals surface area contributed by atoms with E-state index in [0.717, 1.165) is 19.3 Å². The van der Waals surface area contributed by atoms with Crippen LogP contribution < -0.4 is 11.5 Å². The van der Waals surface area contributed by atoms with Gasteiger partial charge in [0.1, 0.15) is 0 Å². The molecule has 100 valence electrons. The van der Waals surface area contributed by atoms with Crippen molar-refractivity contribution >= 4 is 5.91 Å². The van der Waals surface area contributed by atoms with Gasteiger partial charge in [-0.15, -0.1) is 0 Å². The Balaban J connectivity index is 2.59. The number of rotatable bonds is 5. The van der Waals surface area contributed by atoms with Gasteiger partial charge in [0.2, 0.25) is 5.91 Å². The van der Waals surface area contributed by atoms with Gasteiger partial charge in [0.25, 0.3) is 0 Å². The lowest BCUT2D eigenvalue weighted by Gasteiger charge is -2.33. The molecule has 0 radical (unpaired) electrons. The maximum Gasteiger partial charge on any atom is 0.241 e. The van der Waals surface area contributed by atoms with Gasteiger partial charge in [-0.05, 0) is 32.1 Å². The zero-order chi connectivity index (χ0) is 12.8. The minimum absolute atomic E-state index is 0.0197. The molecule has 0 aromatic heterocycles. The maximum absolute atomic E-state index is 12.3. The summed E-state index contributed by atoms with van der Waals surface area (Å²) in [6, 6.07) is -0.283. The number of hydrogen-bond acceptors (Lipinski definition) is 4. The van der Waals surface area contributed by atoms with Crippen LogP contribution in [0, 0.1) is 5.92 Å². The van der Waals surface area contributed by atoms with E-state index in [4.69, 9.17) is 16.2 Å². The Morgan fingerprint density at radius 1 is 1.47 bits per heavy atom. The number of nitrogens with two attached hydrogens (primary N) is 2. The van der Waals surface area contributed by atoms with Crippen molar-refractivity contribution in [3.63, 3.8) is 0 Å². The second-order valence-corrected chi connectivity index (χ2v) is 4.72. The van der Waals surface area contributed by atoms with Crippen molar-refractivity contribution in [2.24, 2.45) is 17.4 Å². The third kappa shape index (κ3) is 3.66. The fourth-order valence-electron chi connectivity index (χ4n) is 2.18. The van der Waals surface area contributed by atoms with E-state index in [1.54, 1.807) is 4.90 Å². The minimum atomic E-state index is -0.434. The molecular weight excluding hydrogens is 218 g/mol. The summed E-state index contributed by atoms with van der Waals surface area (Å²) in [5.74, 6) is 0.211. The summed E-state index contributed by atoms with van der Waals surface area (Å²) in [6.07, 6.45) is 2.63. The lowest BCUT2D eigenvalue weighted by atomic mass is 9.91. The summed E-state index contributed by atoms with van der Waals surface area (Å²) >= 11 is 0. The van der Waals surface area contributed by atoms with Crippen molar-refractivity contribution in [3.05, 3.63) is 0 Å². The molecule has 1 heterocycles. The zero-order valence-corrected chi connectivity index (χ0v) is 10.9. The fraction of sp³-hybridized carbons (Fsp3) is 0.917. The van der Waals surface area contributed by atoms with Gasteiger partial charge in [-0.3, -0.25) is 4.79 Å². The largest absolute Gasteiger partial charge is 0.381 e. The van der Waals surface area contributed by atoms with Crippen LogP contribution in [0.5, 0.6) is 0 Å². The summed E-state index contributed by atoms with van der Waals surface area (Å²) in [7, 11) is 0. The standard InChI is InChI=1S/C12H25N3O2/c1-3-9(2)15(8-13)12(16)11(14)10-4-6-17-7-5-10/h9-11H,3-8,13-14H2,1-2H3. The van der Waals surface area contributed by atoms with E-state index in [9.17, 15) is 4.79 Å². The summed E-state index contributed by atoms with van der Waals surface area (Å²) in [5.41, 5.74) is 11.7. The molecule has 1 aliphatic heterocycles. The van der Waals surface area contributed by atoms with Crippen LogP contribution in [0.3, 0.4) is 0 Å².